The molecule has 2 rings (SSSR count). The molecule has 0 saturated heterocycles. The second-order valence-electron chi connectivity index (χ2n) is 5.55. The Labute approximate surface area is 113 Å². The van der Waals surface area contributed by atoms with Crippen molar-refractivity contribution in [2.24, 2.45) is 5.41 Å². The van der Waals surface area contributed by atoms with Crippen LogP contribution in [0.5, 0.6) is 0 Å². The van der Waals surface area contributed by atoms with Crippen molar-refractivity contribution < 1.29 is 15.0 Å². The second kappa shape index (κ2) is 5.61. The quantitative estimate of drug-likeness (QED) is 0.764. The Balaban J connectivity index is 2.03. The smallest absolute Gasteiger partial charge is 0.335 e. The Hall–Kier alpha value is -1.55. The third-order valence-electron chi connectivity index (χ3n) is 4.12. The zero-order valence-electron chi connectivity index (χ0n) is 11.3. The molecule has 1 saturated carbocycles. The average Bonchev–Trinajstić information content (AvgIpc) is 2.85. The fraction of sp³-hybridized carbons (Fsp3) is 0.533. The van der Waals surface area contributed by atoms with E-state index in [1.54, 1.807) is 19.1 Å². The largest absolute Gasteiger partial charge is 0.478 e. The summed E-state index contributed by atoms with van der Waals surface area (Å²) >= 11 is 0. The Morgan fingerprint density at radius 3 is 2.58 bits per heavy atom. The van der Waals surface area contributed by atoms with Gasteiger partial charge in [-0.25, -0.2) is 4.79 Å². The van der Waals surface area contributed by atoms with Crippen LogP contribution in [0.2, 0.25) is 0 Å². The molecule has 0 bridgehead atoms. The number of nitrogens with one attached hydrogen (secondary N) is 1. The van der Waals surface area contributed by atoms with Gasteiger partial charge in [-0.3, -0.25) is 0 Å². The molecule has 0 amide bonds. The van der Waals surface area contributed by atoms with Crippen molar-refractivity contribution in [3.63, 3.8) is 0 Å². The molecule has 0 aromatic heterocycles. The summed E-state index contributed by atoms with van der Waals surface area (Å²) in [6.45, 7) is 2.76. The van der Waals surface area contributed by atoms with Crippen LogP contribution in [0.1, 0.15) is 41.6 Å². The molecule has 104 valence electrons. The monoisotopic (exact) mass is 263 g/mol. The third kappa shape index (κ3) is 3.07. The van der Waals surface area contributed by atoms with Gasteiger partial charge in [-0.15, -0.1) is 0 Å². The van der Waals surface area contributed by atoms with E-state index in [0.717, 1.165) is 30.6 Å². The minimum absolute atomic E-state index is 0.000621. The maximum absolute atomic E-state index is 10.9. The van der Waals surface area contributed by atoms with E-state index in [2.05, 4.69) is 5.32 Å². The molecule has 0 unspecified atom stereocenters. The molecule has 0 heterocycles. The van der Waals surface area contributed by atoms with E-state index in [9.17, 15) is 9.90 Å². The average molecular weight is 263 g/mol. The van der Waals surface area contributed by atoms with Gasteiger partial charge in [0.05, 0.1) is 12.2 Å². The van der Waals surface area contributed by atoms with Crippen molar-refractivity contribution in [1.29, 1.82) is 0 Å². The summed E-state index contributed by atoms with van der Waals surface area (Å²) in [4.78, 5) is 10.9. The van der Waals surface area contributed by atoms with Gasteiger partial charge in [-0.2, -0.15) is 0 Å². The predicted molar refractivity (Wildman–Crippen MR) is 74.6 cm³/mol. The number of aliphatic hydroxyl groups excluding tert-OH is 1. The van der Waals surface area contributed by atoms with Crippen LogP contribution in [0.3, 0.4) is 0 Å². The van der Waals surface area contributed by atoms with Crippen LogP contribution in [-0.2, 0) is 0 Å². The fourth-order valence-corrected chi connectivity index (χ4v) is 2.82. The molecule has 4 heteroatoms. The maximum atomic E-state index is 10.9. The van der Waals surface area contributed by atoms with E-state index in [0.29, 0.717) is 5.56 Å². The molecule has 4 nitrogen and oxygen atoms in total. The van der Waals surface area contributed by atoms with Gasteiger partial charge < -0.3 is 15.5 Å². The zero-order chi connectivity index (χ0) is 13.9. The molecule has 1 fully saturated rings. The van der Waals surface area contributed by atoms with Gasteiger partial charge in [0.25, 0.3) is 0 Å². The van der Waals surface area contributed by atoms with Crippen molar-refractivity contribution in [2.45, 2.75) is 32.6 Å². The second-order valence-corrected chi connectivity index (χ2v) is 5.55. The summed E-state index contributed by atoms with van der Waals surface area (Å²) in [6.07, 6.45) is 4.48. The first-order chi connectivity index (χ1) is 9.06. The van der Waals surface area contributed by atoms with E-state index < -0.39 is 5.97 Å². The zero-order valence-corrected chi connectivity index (χ0v) is 11.3. The first-order valence-electron chi connectivity index (χ1n) is 6.75. The van der Waals surface area contributed by atoms with Crippen LogP contribution < -0.4 is 5.32 Å². The first kappa shape index (κ1) is 13.9. The van der Waals surface area contributed by atoms with Crippen LogP contribution in [0.4, 0.5) is 5.69 Å². The minimum atomic E-state index is -0.897. The summed E-state index contributed by atoms with van der Waals surface area (Å²) in [5.74, 6) is -0.897. The number of hydrogen-bond acceptors (Lipinski definition) is 3. The normalized spacial score (nSPS) is 17.4. The van der Waals surface area contributed by atoms with Crippen LogP contribution >= 0.6 is 0 Å². The number of hydrogen-bond donors (Lipinski definition) is 3. The van der Waals surface area contributed by atoms with E-state index in [1.807, 2.05) is 6.07 Å². The Morgan fingerprint density at radius 1 is 1.37 bits per heavy atom. The van der Waals surface area contributed by atoms with Crippen LogP contribution in [0.15, 0.2) is 18.2 Å². The Kier molecular flexibility index (Phi) is 4.10. The summed E-state index contributed by atoms with van der Waals surface area (Å²) in [7, 11) is 0. The van der Waals surface area contributed by atoms with Crippen molar-refractivity contribution in [2.75, 3.05) is 18.5 Å². The molecule has 0 radical (unpaired) electrons. The molecule has 1 aromatic carbocycles. The fourth-order valence-electron chi connectivity index (χ4n) is 2.82. The first-order valence-corrected chi connectivity index (χ1v) is 6.75. The van der Waals surface area contributed by atoms with E-state index in [-0.39, 0.29) is 12.0 Å². The highest BCUT2D eigenvalue weighted by Crippen LogP contribution is 2.37. The minimum Gasteiger partial charge on any atom is -0.478 e. The van der Waals surface area contributed by atoms with Gasteiger partial charge >= 0.3 is 5.97 Å². The Bertz CT molecular complexity index is 464. The highest BCUT2D eigenvalue weighted by atomic mass is 16.4. The van der Waals surface area contributed by atoms with E-state index in [4.69, 9.17) is 5.11 Å². The maximum Gasteiger partial charge on any atom is 0.335 e. The number of aryl methyl sites for hydroxylation is 1. The van der Waals surface area contributed by atoms with Crippen LogP contribution in [0.25, 0.3) is 0 Å². The molecule has 1 aliphatic rings. The lowest BCUT2D eigenvalue weighted by Crippen LogP contribution is -2.30. The third-order valence-corrected chi connectivity index (χ3v) is 4.12. The highest BCUT2D eigenvalue weighted by Gasteiger charge is 2.32. The molecule has 0 atom stereocenters. The lowest BCUT2D eigenvalue weighted by molar-refractivity contribution is 0.0696. The van der Waals surface area contributed by atoms with Crippen molar-refractivity contribution in [3.8, 4) is 0 Å². The molecule has 1 aliphatic carbocycles. The molecular formula is C15H21NO3. The van der Waals surface area contributed by atoms with E-state index in [1.165, 1.54) is 12.8 Å². The number of carbonyl (C=O) groups is 1. The van der Waals surface area contributed by atoms with Crippen molar-refractivity contribution in [3.05, 3.63) is 29.3 Å². The van der Waals surface area contributed by atoms with E-state index >= 15 is 0 Å². The summed E-state index contributed by atoms with van der Waals surface area (Å²) in [5.41, 5.74) is 2.01. The van der Waals surface area contributed by atoms with Gasteiger partial charge in [0.1, 0.15) is 0 Å². The molecular weight excluding hydrogens is 242 g/mol. The Morgan fingerprint density at radius 2 is 2.05 bits per heavy atom. The number of carboxylic acid groups (broad SMARTS) is 1. The predicted octanol–water partition coefficient (Wildman–Crippen LogP) is 2.66. The number of aliphatic hydroxyl groups is 1. The van der Waals surface area contributed by atoms with Gasteiger partial charge in [-0.1, -0.05) is 12.8 Å². The summed E-state index contributed by atoms with van der Waals surface area (Å²) < 4.78 is 0. The lowest BCUT2D eigenvalue weighted by atomic mass is 9.87. The van der Waals surface area contributed by atoms with Gasteiger partial charge in [0.2, 0.25) is 0 Å². The SMILES string of the molecule is Cc1cc(NCC2(CO)CCCC2)ccc1C(=O)O. The van der Waals surface area contributed by atoms with Gasteiger partial charge in [-0.05, 0) is 43.5 Å². The van der Waals surface area contributed by atoms with Crippen LogP contribution in [-0.4, -0.2) is 29.3 Å². The van der Waals surface area contributed by atoms with Crippen LogP contribution in [0, 0.1) is 12.3 Å². The number of benzene rings is 1. The molecule has 0 aliphatic heterocycles. The lowest BCUT2D eigenvalue weighted by Gasteiger charge is -2.27. The number of anilines is 1. The van der Waals surface area contributed by atoms with Crippen molar-refractivity contribution in [1.82, 2.24) is 0 Å². The molecule has 3 N–H and O–H groups in total. The van der Waals surface area contributed by atoms with Gasteiger partial charge in [0, 0.05) is 17.6 Å². The van der Waals surface area contributed by atoms with Crippen molar-refractivity contribution >= 4 is 11.7 Å². The molecule has 19 heavy (non-hydrogen) atoms. The molecule has 0 spiro atoms. The molecule has 1 aromatic rings. The summed E-state index contributed by atoms with van der Waals surface area (Å²) in [6, 6.07) is 5.26. The topological polar surface area (TPSA) is 69.6 Å². The highest BCUT2D eigenvalue weighted by molar-refractivity contribution is 5.89. The van der Waals surface area contributed by atoms with Gasteiger partial charge in [0.15, 0.2) is 0 Å². The summed E-state index contributed by atoms with van der Waals surface area (Å²) in [5, 5.41) is 21.9. The standard InChI is InChI=1S/C15H21NO3/c1-11-8-12(4-5-13(11)14(18)19)16-9-15(10-17)6-2-3-7-15/h4-5,8,16-17H,2-3,6-7,9-10H2,1H3,(H,18,19). The number of carboxylic acids is 1. The number of rotatable bonds is 5. The number of aromatic carboxylic acids is 1.